The molecule has 24 heavy (non-hydrogen) atoms. The van der Waals surface area contributed by atoms with E-state index in [0.29, 0.717) is 17.7 Å². The van der Waals surface area contributed by atoms with Gasteiger partial charge in [-0.05, 0) is 32.6 Å². The van der Waals surface area contributed by atoms with E-state index in [1.807, 2.05) is 18.4 Å². The molecule has 3 N–H and O–H groups in total. The van der Waals surface area contributed by atoms with Gasteiger partial charge in [0.1, 0.15) is 0 Å². The minimum absolute atomic E-state index is 0.268. The number of nitrogens with zero attached hydrogens (tertiary/aromatic N) is 2. The maximum Gasteiger partial charge on any atom is 0.361 e. The van der Waals surface area contributed by atoms with Crippen molar-refractivity contribution in [3.8, 4) is 0 Å². The molecule has 1 aromatic rings. The molecule has 1 amide bonds. The van der Waals surface area contributed by atoms with Crippen LogP contribution in [0.1, 0.15) is 44.5 Å². The number of carbonyl (C=O) groups excluding carboxylic acids is 1. The lowest BCUT2D eigenvalue weighted by atomic mass is 10.1. The van der Waals surface area contributed by atoms with Crippen LogP contribution in [0, 0.1) is 0 Å². The number of aryl methyl sites for hydroxylation is 2. The number of aliphatic carboxylic acids is 1. The Morgan fingerprint density at radius 2 is 2.21 bits per heavy atom. The topological polar surface area (TPSA) is 96.2 Å². The smallest absolute Gasteiger partial charge is 0.361 e. The summed E-state index contributed by atoms with van der Waals surface area (Å²) < 4.78 is 2.02. The van der Waals surface area contributed by atoms with Crippen molar-refractivity contribution in [2.45, 2.75) is 56.8 Å². The van der Waals surface area contributed by atoms with E-state index in [2.05, 4.69) is 15.6 Å². The lowest BCUT2D eigenvalue weighted by Crippen LogP contribution is -2.64. The molecule has 1 aliphatic carbocycles. The maximum atomic E-state index is 12.3. The summed E-state index contributed by atoms with van der Waals surface area (Å²) in [6.07, 6.45) is 4.89. The van der Waals surface area contributed by atoms with Crippen LogP contribution in [0.5, 0.6) is 0 Å². The highest BCUT2D eigenvalue weighted by Gasteiger charge is 2.47. The van der Waals surface area contributed by atoms with Gasteiger partial charge in [0.15, 0.2) is 0 Å². The van der Waals surface area contributed by atoms with Gasteiger partial charge in [-0.15, -0.1) is 0 Å². The molecule has 2 aliphatic rings. The zero-order valence-corrected chi connectivity index (χ0v) is 14.7. The van der Waals surface area contributed by atoms with Gasteiger partial charge in [0.25, 0.3) is 10.9 Å². The van der Waals surface area contributed by atoms with Crippen LogP contribution in [0.4, 0.5) is 0 Å². The van der Waals surface area contributed by atoms with Crippen LogP contribution >= 0.6 is 11.8 Å². The number of carbonyl (C=O) groups is 2. The number of rotatable bonds is 6. The van der Waals surface area contributed by atoms with Gasteiger partial charge in [-0.2, -0.15) is 0 Å². The fraction of sp³-hybridized carbons (Fsp3) is 0.562. The second-order valence-corrected chi connectivity index (χ2v) is 7.13. The van der Waals surface area contributed by atoms with E-state index in [0.717, 1.165) is 42.9 Å². The summed E-state index contributed by atoms with van der Waals surface area (Å²) in [5.74, 6) is -0.894. The molecule has 0 aromatic carbocycles. The molecule has 130 valence electrons. The standard InChI is InChI=1S/C16H22N4O3S/c1-3-11-13(20(4-2)9-17-11)8-24-16(15(22)23)18-12-7-5-6-10(12)14(21)19-16/h9,18H,3-8H2,1-2H3,(H,19,21)(H,22,23). The summed E-state index contributed by atoms with van der Waals surface area (Å²) in [4.78, 5) is 27.1. The van der Waals surface area contributed by atoms with Crippen LogP contribution < -0.4 is 10.6 Å². The summed E-state index contributed by atoms with van der Waals surface area (Å²) in [5, 5.41) is 15.5. The zero-order chi connectivity index (χ0) is 17.3. The number of hydrogen-bond acceptors (Lipinski definition) is 5. The average Bonchev–Trinajstić information content (AvgIpc) is 3.18. The Hall–Kier alpha value is -1.96. The molecule has 0 saturated heterocycles. The van der Waals surface area contributed by atoms with E-state index in [1.54, 1.807) is 6.33 Å². The minimum Gasteiger partial charge on any atom is -0.477 e. The van der Waals surface area contributed by atoms with Gasteiger partial charge in [0.05, 0.1) is 17.7 Å². The Morgan fingerprint density at radius 1 is 1.42 bits per heavy atom. The van der Waals surface area contributed by atoms with Crippen molar-refractivity contribution in [3.63, 3.8) is 0 Å². The number of imidazole rings is 1. The molecule has 2 heterocycles. The molecule has 0 radical (unpaired) electrons. The number of aromatic nitrogens is 2. The highest BCUT2D eigenvalue weighted by Crippen LogP contribution is 2.35. The fourth-order valence-electron chi connectivity index (χ4n) is 3.21. The third kappa shape index (κ3) is 2.79. The summed E-state index contributed by atoms with van der Waals surface area (Å²) in [5.41, 5.74) is 3.44. The predicted octanol–water partition coefficient (Wildman–Crippen LogP) is 1.59. The Morgan fingerprint density at radius 3 is 2.88 bits per heavy atom. The first kappa shape index (κ1) is 16.9. The largest absolute Gasteiger partial charge is 0.477 e. The lowest BCUT2D eigenvalue weighted by molar-refractivity contribution is -0.144. The summed E-state index contributed by atoms with van der Waals surface area (Å²) in [6.45, 7) is 4.83. The van der Waals surface area contributed by atoms with Crippen molar-refractivity contribution in [1.82, 2.24) is 20.2 Å². The molecular formula is C16H22N4O3S. The van der Waals surface area contributed by atoms with Gasteiger partial charge in [-0.3, -0.25) is 4.79 Å². The van der Waals surface area contributed by atoms with E-state index in [-0.39, 0.29) is 5.91 Å². The zero-order valence-electron chi connectivity index (χ0n) is 13.9. The van der Waals surface area contributed by atoms with Crippen LogP contribution in [0.2, 0.25) is 0 Å². The highest BCUT2D eigenvalue weighted by atomic mass is 32.2. The van der Waals surface area contributed by atoms with Crippen LogP contribution in [0.25, 0.3) is 0 Å². The first-order chi connectivity index (χ1) is 11.5. The molecular weight excluding hydrogens is 328 g/mol. The maximum absolute atomic E-state index is 12.3. The Bertz CT molecular complexity index is 691. The number of carboxylic acid groups (broad SMARTS) is 1. The molecule has 0 saturated carbocycles. The second kappa shape index (κ2) is 6.51. The number of allylic oxidation sites excluding steroid dienone is 1. The monoisotopic (exact) mass is 350 g/mol. The van der Waals surface area contributed by atoms with E-state index < -0.39 is 11.0 Å². The molecule has 1 atom stereocenters. The first-order valence-corrected chi connectivity index (χ1v) is 9.22. The Kier molecular flexibility index (Phi) is 4.58. The molecule has 1 aliphatic heterocycles. The van der Waals surface area contributed by atoms with Gasteiger partial charge in [0.2, 0.25) is 0 Å². The van der Waals surface area contributed by atoms with Gasteiger partial charge in [-0.25, -0.2) is 9.78 Å². The van der Waals surface area contributed by atoms with Gasteiger partial charge >= 0.3 is 5.97 Å². The molecule has 1 aromatic heterocycles. The second-order valence-electron chi connectivity index (χ2n) is 5.94. The third-order valence-corrected chi connectivity index (χ3v) is 5.77. The summed E-state index contributed by atoms with van der Waals surface area (Å²) in [6, 6.07) is 0. The number of thioether (sulfide) groups is 1. The molecule has 0 bridgehead atoms. The lowest BCUT2D eigenvalue weighted by Gasteiger charge is -2.36. The number of nitrogens with one attached hydrogen (secondary N) is 2. The van der Waals surface area contributed by atoms with Gasteiger partial charge in [0, 0.05) is 23.6 Å². The molecule has 7 nitrogen and oxygen atoms in total. The van der Waals surface area contributed by atoms with E-state index in [9.17, 15) is 14.7 Å². The Labute approximate surface area is 144 Å². The molecule has 0 spiro atoms. The van der Waals surface area contributed by atoms with E-state index >= 15 is 0 Å². The van der Waals surface area contributed by atoms with Crippen LogP contribution in [-0.4, -0.2) is 31.5 Å². The van der Waals surface area contributed by atoms with Gasteiger partial charge in [-0.1, -0.05) is 18.7 Å². The van der Waals surface area contributed by atoms with Crippen LogP contribution in [-0.2, 0) is 28.3 Å². The number of hydrogen-bond donors (Lipinski definition) is 3. The first-order valence-electron chi connectivity index (χ1n) is 8.23. The molecule has 3 rings (SSSR count). The van der Waals surface area contributed by atoms with Crippen molar-refractivity contribution >= 4 is 23.6 Å². The van der Waals surface area contributed by atoms with E-state index in [4.69, 9.17) is 0 Å². The van der Waals surface area contributed by atoms with Crippen LogP contribution in [0.3, 0.4) is 0 Å². The van der Waals surface area contributed by atoms with Gasteiger partial charge < -0.3 is 20.3 Å². The van der Waals surface area contributed by atoms with Crippen LogP contribution in [0.15, 0.2) is 17.6 Å². The minimum atomic E-state index is -1.52. The number of carboxylic acids is 1. The van der Waals surface area contributed by atoms with Crippen molar-refractivity contribution in [2.75, 3.05) is 0 Å². The summed E-state index contributed by atoms with van der Waals surface area (Å²) in [7, 11) is 0. The fourth-order valence-corrected chi connectivity index (χ4v) is 4.38. The van der Waals surface area contributed by atoms with Crippen molar-refractivity contribution in [3.05, 3.63) is 29.0 Å². The van der Waals surface area contributed by atoms with Crippen molar-refractivity contribution in [1.29, 1.82) is 0 Å². The molecule has 1 unspecified atom stereocenters. The predicted molar refractivity (Wildman–Crippen MR) is 91.1 cm³/mol. The number of amides is 1. The summed E-state index contributed by atoms with van der Waals surface area (Å²) >= 11 is 1.18. The van der Waals surface area contributed by atoms with Crippen molar-refractivity contribution in [2.24, 2.45) is 0 Å². The molecule has 0 fully saturated rings. The normalized spacial score (nSPS) is 23.0. The average molecular weight is 350 g/mol. The quantitative estimate of drug-likeness (QED) is 0.721. The Balaban J connectivity index is 1.85. The van der Waals surface area contributed by atoms with Crippen molar-refractivity contribution < 1.29 is 14.7 Å². The third-order valence-electron chi connectivity index (χ3n) is 4.54. The van der Waals surface area contributed by atoms with E-state index in [1.165, 1.54) is 11.8 Å². The highest BCUT2D eigenvalue weighted by molar-refractivity contribution is 8.00. The molecule has 8 heteroatoms. The SMILES string of the molecule is CCc1ncn(CC)c1CSC1(C(=O)O)NC(=O)C2=C(CCC2)N1.